The predicted octanol–water partition coefficient (Wildman–Crippen LogP) is 18.9. The van der Waals surface area contributed by atoms with Gasteiger partial charge in [-0.3, -0.25) is 9.59 Å². The molecule has 0 fully saturated rings. The predicted molar refractivity (Wildman–Crippen MR) is 309 cm³/mol. The van der Waals surface area contributed by atoms with E-state index >= 15 is 0 Å². The van der Waals surface area contributed by atoms with Crippen molar-refractivity contribution < 1.29 is 42.9 Å². The van der Waals surface area contributed by atoms with Crippen LogP contribution in [-0.2, 0) is 33.3 Å². The molecule has 0 aliphatic carbocycles. The molecule has 0 aromatic rings. The average Bonchev–Trinajstić information content (AvgIpc) is 3.36. The van der Waals surface area contributed by atoms with Crippen molar-refractivity contribution in [3.05, 3.63) is 12.2 Å². The third kappa shape index (κ3) is 57.6. The Labute approximate surface area is 453 Å². The molecule has 0 saturated carbocycles. The Morgan fingerprint density at radius 3 is 1.01 bits per heavy atom. The molecule has 2 unspecified atom stereocenters. The van der Waals surface area contributed by atoms with Gasteiger partial charge >= 0.3 is 17.9 Å². The van der Waals surface area contributed by atoms with Crippen LogP contribution in [0.2, 0.25) is 0 Å². The Kier molecular flexibility index (Phi) is 54.7. The molecule has 0 amide bonds. The van der Waals surface area contributed by atoms with E-state index in [2.05, 4.69) is 26.0 Å². The van der Waals surface area contributed by atoms with Gasteiger partial charge in [-0.1, -0.05) is 283 Å². The second-order valence-corrected chi connectivity index (χ2v) is 23.1. The van der Waals surface area contributed by atoms with E-state index in [1.807, 2.05) is 21.1 Å². The third-order valence-electron chi connectivity index (χ3n) is 14.5. The number of aliphatic carboxylic acids is 1. The minimum absolute atomic E-state index is 0.175. The molecule has 0 radical (unpaired) electrons. The Bertz CT molecular complexity index is 1200. The Morgan fingerprint density at radius 1 is 0.397 bits per heavy atom. The van der Waals surface area contributed by atoms with Gasteiger partial charge in [0.05, 0.1) is 34.4 Å². The van der Waals surface area contributed by atoms with Crippen molar-refractivity contribution in [3.8, 4) is 0 Å². The Morgan fingerprint density at radius 2 is 0.699 bits per heavy atom. The lowest BCUT2D eigenvalue weighted by atomic mass is 10.0. The highest BCUT2D eigenvalue weighted by molar-refractivity contribution is 5.71. The van der Waals surface area contributed by atoms with Crippen LogP contribution in [0.4, 0.5) is 0 Å². The molecule has 0 spiro atoms. The summed E-state index contributed by atoms with van der Waals surface area (Å²) in [6, 6.07) is 0. The molecule has 0 bridgehead atoms. The van der Waals surface area contributed by atoms with Crippen LogP contribution in [0.15, 0.2) is 12.2 Å². The van der Waals surface area contributed by atoms with Gasteiger partial charge in [-0.25, -0.2) is 4.79 Å². The molecule has 0 heterocycles. The first-order valence-corrected chi connectivity index (χ1v) is 31.9. The van der Waals surface area contributed by atoms with E-state index in [0.717, 1.165) is 38.5 Å². The van der Waals surface area contributed by atoms with Gasteiger partial charge in [-0.05, 0) is 38.5 Å². The minimum atomic E-state index is -1.50. The lowest BCUT2D eigenvalue weighted by Crippen LogP contribution is -2.40. The first kappa shape index (κ1) is 71.0. The number of carboxylic acids is 1. The van der Waals surface area contributed by atoms with Gasteiger partial charge in [0.15, 0.2) is 6.10 Å². The van der Waals surface area contributed by atoms with Gasteiger partial charge in [0.2, 0.25) is 0 Å². The summed E-state index contributed by atoms with van der Waals surface area (Å²) in [5.41, 5.74) is 0. The second-order valence-electron chi connectivity index (χ2n) is 23.1. The zero-order valence-corrected chi connectivity index (χ0v) is 49.3. The molecule has 9 nitrogen and oxygen atoms in total. The van der Waals surface area contributed by atoms with Crippen molar-refractivity contribution in [2.75, 3.05) is 47.5 Å². The molecule has 0 aromatic carbocycles. The molecule has 2 atom stereocenters. The number of ether oxygens (including phenoxy) is 4. The van der Waals surface area contributed by atoms with E-state index in [-0.39, 0.29) is 38.2 Å². The maximum atomic E-state index is 12.8. The van der Waals surface area contributed by atoms with Crippen molar-refractivity contribution in [2.45, 2.75) is 334 Å². The van der Waals surface area contributed by atoms with E-state index in [9.17, 15) is 19.5 Å². The maximum Gasteiger partial charge on any atom is 0.361 e. The average molecular weight is 1040 g/mol. The topological polar surface area (TPSA) is 108 Å². The smallest absolute Gasteiger partial charge is 0.361 e. The van der Waals surface area contributed by atoms with Gasteiger partial charge in [0, 0.05) is 12.8 Å². The van der Waals surface area contributed by atoms with Crippen LogP contribution < -0.4 is 0 Å². The van der Waals surface area contributed by atoms with Crippen LogP contribution in [-0.4, -0.2) is 87.4 Å². The van der Waals surface area contributed by atoms with Crippen molar-refractivity contribution in [1.29, 1.82) is 0 Å². The summed E-state index contributed by atoms with van der Waals surface area (Å²) in [5, 5.41) is 9.65. The number of unbranched alkanes of at least 4 members (excludes halogenated alkanes) is 43. The number of allylic oxidation sites excluding steroid dienone is 2. The largest absolute Gasteiger partial charge is 0.477 e. The van der Waals surface area contributed by atoms with Gasteiger partial charge in [0.1, 0.15) is 13.2 Å². The lowest BCUT2D eigenvalue weighted by Gasteiger charge is -2.25. The lowest BCUT2D eigenvalue weighted by molar-refractivity contribution is -0.870. The number of quaternary nitrogens is 1. The molecule has 9 heteroatoms. The molecule has 432 valence electrons. The van der Waals surface area contributed by atoms with Gasteiger partial charge in [-0.15, -0.1) is 0 Å². The van der Waals surface area contributed by atoms with Crippen LogP contribution in [0.5, 0.6) is 0 Å². The first-order valence-electron chi connectivity index (χ1n) is 31.9. The number of likely N-dealkylation sites (N-methyl/N-ethyl adjacent to an activating group) is 1. The monoisotopic (exact) mass is 1030 g/mol. The van der Waals surface area contributed by atoms with E-state index in [1.54, 1.807) is 0 Å². The maximum absolute atomic E-state index is 12.8. The standard InChI is InChI=1S/C64H123NO8/c1-6-8-10-12-14-15-16-17-18-19-20-21-22-23-24-25-26-27-28-29-30-31-32-33-34-35-36-37-38-39-40-41-42-43-44-45-46-47-49-51-53-55-62(67)73-60(58-71-61(66)54-52-50-48-13-11-9-7-2)59-72-64(63(68)69)70-57-56-65(3,4)5/h19-20,60,64H,6-18,21-59H2,1-5H3/p+1/b20-19-. The molecule has 73 heavy (non-hydrogen) atoms. The van der Waals surface area contributed by atoms with E-state index in [1.165, 1.54) is 257 Å². The summed E-state index contributed by atoms with van der Waals surface area (Å²) in [7, 11) is 5.97. The summed E-state index contributed by atoms with van der Waals surface area (Å²) < 4.78 is 22.7. The Balaban J connectivity index is 3.74. The molecular formula is C64H124NO8+. The molecule has 0 aromatic heterocycles. The van der Waals surface area contributed by atoms with Crippen LogP contribution in [0, 0.1) is 0 Å². The van der Waals surface area contributed by atoms with Crippen molar-refractivity contribution in [1.82, 2.24) is 0 Å². The summed E-state index contributed by atoms with van der Waals surface area (Å²) in [6.45, 7) is 4.87. The van der Waals surface area contributed by atoms with Gasteiger partial charge in [0.25, 0.3) is 6.29 Å². The van der Waals surface area contributed by atoms with Crippen molar-refractivity contribution in [2.24, 2.45) is 0 Å². The fourth-order valence-electron chi connectivity index (χ4n) is 9.60. The highest BCUT2D eigenvalue weighted by atomic mass is 16.7. The summed E-state index contributed by atoms with van der Waals surface area (Å²) in [6.07, 6.45) is 63.8. The number of carboxylic acid groups (broad SMARTS) is 1. The molecule has 0 aliphatic heterocycles. The zero-order chi connectivity index (χ0) is 53.4. The van der Waals surface area contributed by atoms with E-state index in [4.69, 9.17) is 18.9 Å². The highest BCUT2D eigenvalue weighted by Gasteiger charge is 2.25. The van der Waals surface area contributed by atoms with Gasteiger partial charge in [-0.2, -0.15) is 0 Å². The number of carbonyl (C=O) groups is 3. The second kappa shape index (κ2) is 56.2. The van der Waals surface area contributed by atoms with Crippen molar-refractivity contribution in [3.63, 3.8) is 0 Å². The molecule has 0 aliphatic rings. The quantitative estimate of drug-likeness (QED) is 0.0211. The number of esters is 2. The zero-order valence-electron chi connectivity index (χ0n) is 49.3. The molecule has 0 rings (SSSR count). The minimum Gasteiger partial charge on any atom is -0.477 e. The SMILES string of the molecule is CCCCCCCCCC/C=C\CCCCCCCCCCCCCCCCCCCCCCCCCCCCCCCC(=O)OC(COC(=O)CCCCCCCCC)COC(OCC[N+](C)(C)C)C(=O)O. The number of carbonyl (C=O) groups excluding carboxylic acids is 2. The van der Waals surface area contributed by atoms with Crippen LogP contribution in [0.1, 0.15) is 322 Å². The number of hydrogen-bond donors (Lipinski definition) is 1. The Hall–Kier alpha value is -1.97. The number of rotatable bonds is 60. The third-order valence-corrected chi connectivity index (χ3v) is 14.5. The van der Waals surface area contributed by atoms with Crippen molar-refractivity contribution >= 4 is 17.9 Å². The first-order chi connectivity index (χ1) is 35.6. The van der Waals surface area contributed by atoms with Gasteiger partial charge < -0.3 is 28.5 Å². The summed E-state index contributed by atoms with van der Waals surface area (Å²) in [4.78, 5) is 37.1. The highest BCUT2D eigenvalue weighted by Crippen LogP contribution is 2.18. The molecular weight excluding hydrogens is 911 g/mol. The van der Waals surface area contributed by atoms with Crippen LogP contribution in [0.3, 0.4) is 0 Å². The fraction of sp³-hybridized carbons (Fsp3) is 0.922. The fourth-order valence-corrected chi connectivity index (χ4v) is 9.60. The molecule has 1 N–H and O–H groups in total. The summed E-state index contributed by atoms with van der Waals surface area (Å²) >= 11 is 0. The number of nitrogens with zero attached hydrogens (tertiary/aromatic N) is 1. The number of hydrogen-bond acceptors (Lipinski definition) is 7. The van der Waals surface area contributed by atoms with E-state index in [0.29, 0.717) is 17.4 Å². The molecule has 0 saturated heterocycles. The summed E-state index contributed by atoms with van der Waals surface area (Å²) in [5.74, 6) is -1.99. The normalized spacial score (nSPS) is 12.7. The van der Waals surface area contributed by atoms with Crippen LogP contribution >= 0.6 is 0 Å². The van der Waals surface area contributed by atoms with E-state index < -0.39 is 18.4 Å². The van der Waals surface area contributed by atoms with Crippen LogP contribution in [0.25, 0.3) is 0 Å².